The molecule has 1 heterocycles. The molecule has 0 aliphatic heterocycles. The first-order valence-corrected chi connectivity index (χ1v) is 5.26. The van der Waals surface area contributed by atoms with Gasteiger partial charge in [0.2, 0.25) is 0 Å². The monoisotopic (exact) mass is 245 g/mol. The lowest BCUT2D eigenvalue weighted by atomic mass is 10.2. The molecule has 0 amide bonds. The van der Waals surface area contributed by atoms with E-state index in [2.05, 4.69) is 10.2 Å². The van der Waals surface area contributed by atoms with Gasteiger partial charge in [0.25, 0.3) is 5.88 Å². The molecule has 0 aliphatic carbocycles. The number of rotatable bonds is 3. The second kappa shape index (κ2) is 5.28. The van der Waals surface area contributed by atoms with Gasteiger partial charge in [-0.05, 0) is 23.8 Å². The topological polar surface area (TPSA) is 58.8 Å². The highest BCUT2D eigenvalue weighted by Crippen LogP contribution is 2.15. The third-order valence-corrected chi connectivity index (χ3v) is 2.35. The van der Waals surface area contributed by atoms with Crippen LogP contribution in [0.2, 0.25) is 5.02 Å². The number of halogens is 1. The molecule has 1 aromatic heterocycles. The summed E-state index contributed by atoms with van der Waals surface area (Å²) in [6.45, 7) is 0.324. The predicted octanol–water partition coefficient (Wildman–Crippen LogP) is 2.58. The summed E-state index contributed by atoms with van der Waals surface area (Å²) in [6.07, 6.45) is 1.45. The molecule has 84 valence electrons. The number of nitriles is 1. The average molecular weight is 246 g/mol. The van der Waals surface area contributed by atoms with Crippen molar-refractivity contribution in [2.45, 2.75) is 6.61 Å². The minimum atomic E-state index is 0.241. The molecule has 5 heteroatoms. The van der Waals surface area contributed by atoms with Crippen molar-refractivity contribution in [1.82, 2.24) is 10.2 Å². The highest BCUT2D eigenvalue weighted by Gasteiger charge is 2.04. The molecule has 0 unspecified atom stereocenters. The lowest BCUT2D eigenvalue weighted by Crippen LogP contribution is -2.00. The molecule has 0 N–H and O–H groups in total. The summed E-state index contributed by atoms with van der Waals surface area (Å²) >= 11 is 5.77. The zero-order valence-corrected chi connectivity index (χ0v) is 9.55. The zero-order chi connectivity index (χ0) is 12.1. The Kier molecular flexibility index (Phi) is 3.53. The average Bonchev–Trinajstić information content (AvgIpc) is 2.38. The molecular weight excluding hydrogens is 238 g/mol. The number of ether oxygens (including phenoxy) is 1. The van der Waals surface area contributed by atoms with Gasteiger partial charge in [-0.1, -0.05) is 23.7 Å². The van der Waals surface area contributed by atoms with Crippen molar-refractivity contribution in [2.75, 3.05) is 0 Å². The number of nitrogens with zero attached hydrogens (tertiary/aromatic N) is 3. The Hall–Kier alpha value is -2.12. The molecule has 0 atom stereocenters. The number of benzene rings is 1. The number of hydrogen-bond acceptors (Lipinski definition) is 4. The summed E-state index contributed by atoms with van der Waals surface area (Å²) in [6, 6.07) is 10.8. The van der Waals surface area contributed by atoms with E-state index in [9.17, 15) is 0 Å². The van der Waals surface area contributed by atoms with Gasteiger partial charge >= 0.3 is 0 Å². The van der Waals surface area contributed by atoms with Crippen LogP contribution in [-0.2, 0) is 6.61 Å². The normalized spacial score (nSPS) is 9.65. The number of aromatic nitrogens is 2. The van der Waals surface area contributed by atoms with Crippen LogP contribution in [0.15, 0.2) is 36.5 Å². The minimum absolute atomic E-state index is 0.241. The van der Waals surface area contributed by atoms with E-state index in [0.717, 1.165) is 5.56 Å². The molecule has 0 radical (unpaired) electrons. The van der Waals surface area contributed by atoms with E-state index in [4.69, 9.17) is 21.6 Å². The maximum Gasteiger partial charge on any atom is 0.251 e. The second-order valence-corrected chi connectivity index (χ2v) is 3.71. The molecular formula is C12H8ClN3O. The van der Waals surface area contributed by atoms with Crippen molar-refractivity contribution in [3.05, 3.63) is 52.7 Å². The Balaban J connectivity index is 2.08. The van der Waals surface area contributed by atoms with Gasteiger partial charge in [0.15, 0.2) is 0 Å². The van der Waals surface area contributed by atoms with E-state index in [1.54, 1.807) is 18.2 Å². The van der Waals surface area contributed by atoms with E-state index in [1.807, 2.05) is 18.2 Å². The Bertz CT molecular complexity index is 548. The van der Waals surface area contributed by atoms with Crippen molar-refractivity contribution in [2.24, 2.45) is 0 Å². The van der Waals surface area contributed by atoms with Crippen LogP contribution in [0.1, 0.15) is 11.1 Å². The lowest BCUT2D eigenvalue weighted by molar-refractivity contribution is 0.289. The summed E-state index contributed by atoms with van der Waals surface area (Å²) in [4.78, 5) is 0. The van der Waals surface area contributed by atoms with E-state index in [0.29, 0.717) is 17.2 Å². The van der Waals surface area contributed by atoms with Crippen LogP contribution >= 0.6 is 11.6 Å². The fourth-order valence-electron chi connectivity index (χ4n) is 1.24. The molecule has 0 spiro atoms. The van der Waals surface area contributed by atoms with Crippen LogP contribution in [0.5, 0.6) is 5.88 Å². The third kappa shape index (κ3) is 2.92. The fourth-order valence-corrected chi connectivity index (χ4v) is 1.37. The molecule has 2 rings (SSSR count). The van der Waals surface area contributed by atoms with E-state index in [1.165, 1.54) is 6.20 Å². The van der Waals surface area contributed by atoms with Crippen LogP contribution in [0.3, 0.4) is 0 Å². The molecule has 0 saturated heterocycles. The molecule has 0 fully saturated rings. The summed E-state index contributed by atoms with van der Waals surface area (Å²) < 4.78 is 5.41. The molecule has 4 nitrogen and oxygen atoms in total. The predicted molar refractivity (Wildman–Crippen MR) is 62.5 cm³/mol. The minimum Gasteiger partial charge on any atom is -0.471 e. The maximum atomic E-state index is 8.84. The molecule has 17 heavy (non-hydrogen) atoms. The quantitative estimate of drug-likeness (QED) is 0.834. The van der Waals surface area contributed by atoms with Gasteiger partial charge in [0, 0.05) is 5.02 Å². The van der Waals surface area contributed by atoms with Gasteiger partial charge in [-0.25, -0.2) is 0 Å². The Morgan fingerprint density at radius 3 is 2.71 bits per heavy atom. The summed E-state index contributed by atoms with van der Waals surface area (Å²) in [5.41, 5.74) is 1.32. The smallest absolute Gasteiger partial charge is 0.251 e. The standard InChI is InChI=1S/C12H8ClN3O/c13-11-3-1-9(2-4-11)8-17-12-10(7-14)5-6-15-16-12/h1-6H,8H2. The Morgan fingerprint density at radius 2 is 2.00 bits per heavy atom. The first kappa shape index (κ1) is 11.4. The van der Waals surface area contributed by atoms with E-state index in [-0.39, 0.29) is 5.88 Å². The highest BCUT2D eigenvalue weighted by molar-refractivity contribution is 6.30. The summed E-state index contributed by atoms with van der Waals surface area (Å²) in [5.74, 6) is 0.241. The van der Waals surface area contributed by atoms with Crippen LogP contribution in [0.25, 0.3) is 0 Å². The van der Waals surface area contributed by atoms with E-state index >= 15 is 0 Å². The summed E-state index contributed by atoms with van der Waals surface area (Å²) in [5, 5.41) is 16.9. The first-order valence-electron chi connectivity index (χ1n) is 4.88. The van der Waals surface area contributed by atoms with Crippen LogP contribution in [0, 0.1) is 11.3 Å². The largest absolute Gasteiger partial charge is 0.471 e. The SMILES string of the molecule is N#Cc1ccnnc1OCc1ccc(Cl)cc1. The van der Waals surface area contributed by atoms with Crippen molar-refractivity contribution < 1.29 is 4.74 Å². The van der Waals surface area contributed by atoms with Gasteiger partial charge in [-0.3, -0.25) is 0 Å². The van der Waals surface area contributed by atoms with Gasteiger partial charge in [0.1, 0.15) is 18.2 Å². The molecule has 0 bridgehead atoms. The first-order chi connectivity index (χ1) is 8.29. The highest BCUT2D eigenvalue weighted by atomic mass is 35.5. The fraction of sp³-hybridized carbons (Fsp3) is 0.0833. The van der Waals surface area contributed by atoms with Crippen molar-refractivity contribution in [3.8, 4) is 11.9 Å². The molecule has 0 aliphatic rings. The van der Waals surface area contributed by atoms with Gasteiger partial charge in [-0.15, -0.1) is 5.10 Å². The van der Waals surface area contributed by atoms with Gasteiger partial charge in [-0.2, -0.15) is 10.4 Å². The Morgan fingerprint density at radius 1 is 1.24 bits per heavy atom. The lowest BCUT2D eigenvalue weighted by Gasteiger charge is -2.05. The van der Waals surface area contributed by atoms with Gasteiger partial charge < -0.3 is 4.74 Å². The van der Waals surface area contributed by atoms with Crippen LogP contribution in [-0.4, -0.2) is 10.2 Å². The maximum absolute atomic E-state index is 8.84. The number of hydrogen-bond donors (Lipinski definition) is 0. The van der Waals surface area contributed by atoms with Gasteiger partial charge in [0.05, 0.1) is 6.20 Å². The van der Waals surface area contributed by atoms with Crippen LogP contribution in [0.4, 0.5) is 0 Å². The third-order valence-electron chi connectivity index (χ3n) is 2.10. The van der Waals surface area contributed by atoms with E-state index < -0.39 is 0 Å². The van der Waals surface area contributed by atoms with Crippen molar-refractivity contribution in [1.29, 1.82) is 5.26 Å². The molecule has 2 aromatic rings. The summed E-state index contributed by atoms with van der Waals surface area (Å²) in [7, 11) is 0. The molecule has 0 saturated carbocycles. The zero-order valence-electron chi connectivity index (χ0n) is 8.80. The van der Waals surface area contributed by atoms with Crippen molar-refractivity contribution in [3.63, 3.8) is 0 Å². The molecule has 1 aromatic carbocycles. The van der Waals surface area contributed by atoms with Crippen LogP contribution < -0.4 is 4.74 Å². The second-order valence-electron chi connectivity index (χ2n) is 3.28. The Labute approximate surface area is 103 Å². The van der Waals surface area contributed by atoms with Crippen molar-refractivity contribution >= 4 is 11.6 Å².